The largest absolute Gasteiger partial charge is 0.330 e. The number of hydrogen-bond donors (Lipinski definition) is 2. The fourth-order valence-electron chi connectivity index (χ4n) is 1.37. The molecule has 14 heavy (non-hydrogen) atoms. The Balaban J connectivity index is 3.74. The third-order valence-corrected chi connectivity index (χ3v) is 2.30. The zero-order chi connectivity index (χ0) is 11.2. The summed E-state index contributed by atoms with van der Waals surface area (Å²) < 4.78 is 0. The quantitative estimate of drug-likeness (QED) is 0.638. The molecule has 84 valence electrons. The standard InChI is InChI=1S/C11H24N2O/c1-11(2,3)10(14)9(13)7-5-4-6-8-12/h9H,4-8,12-13H2,1-3H3. The first kappa shape index (κ1) is 13.6. The fourth-order valence-corrected chi connectivity index (χ4v) is 1.37. The van der Waals surface area contributed by atoms with Crippen LogP contribution in [0.3, 0.4) is 0 Å². The lowest BCUT2D eigenvalue weighted by Crippen LogP contribution is -2.38. The Morgan fingerprint density at radius 1 is 1.21 bits per heavy atom. The molecular weight excluding hydrogens is 176 g/mol. The minimum absolute atomic E-state index is 0.158. The van der Waals surface area contributed by atoms with Crippen LogP contribution in [0.25, 0.3) is 0 Å². The van der Waals surface area contributed by atoms with Crippen LogP contribution in [0.2, 0.25) is 0 Å². The molecule has 0 aromatic rings. The highest BCUT2D eigenvalue weighted by Gasteiger charge is 2.26. The number of rotatable bonds is 6. The number of Topliss-reactive ketones (excluding diaryl/α,β-unsaturated/α-hetero) is 1. The lowest BCUT2D eigenvalue weighted by Gasteiger charge is -2.21. The van der Waals surface area contributed by atoms with Gasteiger partial charge in [0.05, 0.1) is 6.04 Å². The lowest BCUT2D eigenvalue weighted by molar-refractivity contribution is -0.127. The first-order valence-corrected chi connectivity index (χ1v) is 5.39. The Bertz CT molecular complexity index is 173. The minimum atomic E-state index is -0.312. The number of unbranched alkanes of at least 4 members (excludes halogenated alkanes) is 2. The first-order valence-electron chi connectivity index (χ1n) is 5.39. The normalized spacial score (nSPS) is 14.1. The molecule has 0 saturated heterocycles. The van der Waals surface area contributed by atoms with Crippen LogP contribution < -0.4 is 11.5 Å². The average molecular weight is 200 g/mol. The number of nitrogens with two attached hydrogens (primary N) is 2. The molecule has 0 rings (SSSR count). The Labute approximate surface area is 87.2 Å². The number of ketones is 1. The maximum Gasteiger partial charge on any atom is 0.154 e. The van der Waals surface area contributed by atoms with E-state index in [1.54, 1.807) is 0 Å². The van der Waals surface area contributed by atoms with E-state index >= 15 is 0 Å². The van der Waals surface area contributed by atoms with Crippen molar-refractivity contribution < 1.29 is 4.79 Å². The van der Waals surface area contributed by atoms with Crippen LogP contribution in [0, 0.1) is 5.41 Å². The Kier molecular flexibility index (Phi) is 5.96. The van der Waals surface area contributed by atoms with Crippen molar-refractivity contribution in [2.45, 2.75) is 52.5 Å². The molecule has 0 aromatic carbocycles. The average Bonchev–Trinajstić information content (AvgIpc) is 2.09. The molecule has 0 fully saturated rings. The molecule has 0 radical (unpaired) electrons. The smallest absolute Gasteiger partial charge is 0.154 e. The van der Waals surface area contributed by atoms with E-state index in [4.69, 9.17) is 11.5 Å². The summed E-state index contributed by atoms with van der Waals surface area (Å²) >= 11 is 0. The van der Waals surface area contributed by atoms with E-state index in [1.807, 2.05) is 20.8 Å². The molecule has 1 unspecified atom stereocenters. The molecule has 0 spiro atoms. The summed E-state index contributed by atoms with van der Waals surface area (Å²) in [5, 5.41) is 0. The van der Waals surface area contributed by atoms with Crippen molar-refractivity contribution in [3.05, 3.63) is 0 Å². The van der Waals surface area contributed by atoms with Gasteiger partial charge in [-0.05, 0) is 19.4 Å². The van der Waals surface area contributed by atoms with Gasteiger partial charge in [-0.3, -0.25) is 4.79 Å². The second-order valence-electron chi connectivity index (χ2n) is 4.86. The molecule has 3 heteroatoms. The van der Waals surface area contributed by atoms with Crippen molar-refractivity contribution in [3.8, 4) is 0 Å². The van der Waals surface area contributed by atoms with Crippen molar-refractivity contribution in [3.63, 3.8) is 0 Å². The van der Waals surface area contributed by atoms with Gasteiger partial charge in [0.1, 0.15) is 0 Å². The van der Waals surface area contributed by atoms with Gasteiger partial charge in [-0.2, -0.15) is 0 Å². The van der Waals surface area contributed by atoms with Crippen LogP contribution in [-0.4, -0.2) is 18.4 Å². The Morgan fingerprint density at radius 2 is 1.79 bits per heavy atom. The van der Waals surface area contributed by atoms with Crippen molar-refractivity contribution in [1.82, 2.24) is 0 Å². The third-order valence-electron chi connectivity index (χ3n) is 2.30. The SMILES string of the molecule is CC(C)(C)C(=O)C(N)CCCCCN. The Morgan fingerprint density at radius 3 is 2.21 bits per heavy atom. The molecule has 0 aliphatic rings. The highest BCUT2D eigenvalue weighted by Crippen LogP contribution is 2.18. The predicted octanol–water partition coefficient (Wildman–Crippen LogP) is 1.45. The van der Waals surface area contributed by atoms with E-state index < -0.39 is 0 Å². The molecule has 0 amide bonds. The Hall–Kier alpha value is -0.410. The topological polar surface area (TPSA) is 69.1 Å². The van der Waals surface area contributed by atoms with Crippen molar-refractivity contribution in [2.75, 3.05) is 6.54 Å². The maximum absolute atomic E-state index is 11.7. The van der Waals surface area contributed by atoms with E-state index in [9.17, 15) is 4.79 Å². The minimum Gasteiger partial charge on any atom is -0.330 e. The van der Waals surface area contributed by atoms with Gasteiger partial charge in [0.15, 0.2) is 5.78 Å². The molecule has 3 nitrogen and oxygen atoms in total. The second-order valence-corrected chi connectivity index (χ2v) is 4.86. The summed E-state index contributed by atoms with van der Waals surface area (Å²) in [6, 6.07) is -0.298. The zero-order valence-corrected chi connectivity index (χ0v) is 9.68. The van der Waals surface area contributed by atoms with Crippen LogP contribution in [-0.2, 0) is 4.79 Å². The van der Waals surface area contributed by atoms with E-state index in [2.05, 4.69) is 0 Å². The van der Waals surface area contributed by atoms with Crippen LogP contribution in [0.5, 0.6) is 0 Å². The molecule has 4 N–H and O–H groups in total. The van der Waals surface area contributed by atoms with Gasteiger partial charge >= 0.3 is 0 Å². The monoisotopic (exact) mass is 200 g/mol. The van der Waals surface area contributed by atoms with Gasteiger partial charge in [0, 0.05) is 5.41 Å². The molecule has 0 heterocycles. The molecule has 0 aromatic heterocycles. The number of carbonyl (C=O) groups excluding carboxylic acids is 1. The summed E-state index contributed by atoms with van der Waals surface area (Å²) in [5.41, 5.74) is 10.9. The third kappa shape index (κ3) is 5.35. The molecular formula is C11H24N2O. The van der Waals surface area contributed by atoms with Crippen molar-refractivity contribution >= 4 is 5.78 Å². The van der Waals surface area contributed by atoms with Gasteiger partial charge in [-0.15, -0.1) is 0 Å². The molecule has 0 bridgehead atoms. The van der Waals surface area contributed by atoms with Crippen LogP contribution in [0.15, 0.2) is 0 Å². The van der Waals surface area contributed by atoms with Gasteiger partial charge in [-0.1, -0.05) is 33.6 Å². The van der Waals surface area contributed by atoms with Crippen LogP contribution in [0.4, 0.5) is 0 Å². The second kappa shape index (κ2) is 6.14. The highest BCUT2D eigenvalue weighted by atomic mass is 16.1. The molecule has 1 atom stereocenters. The summed E-state index contributed by atoms with van der Waals surface area (Å²) in [6.45, 7) is 6.46. The van der Waals surface area contributed by atoms with Crippen LogP contribution >= 0.6 is 0 Å². The van der Waals surface area contributed by atoms with E-state index in [0.717, 1.165) is 32.2 Å². The van der Waals surface area contributed by atoms with Crippen molar-refractivity contribution in [2.24, 2.45) is 16.9 Å². The lowest BCUT2D eigenvalue weighted by atomic mass is 9.85. The molecule has 0 aliphatic carbocycles. The predicted molar refractivity (Wildman–Crippen MR) is 60.0 cm³/mol. The van der Waals surface area contributed by atoms with Crippen molar-refractivity contribution in [1.29, 1.82) is 0 Å². The zero-order valence-electron chi connectivity index (χ0n) is 9.68. The van der Waals surface area contributed by atoms with E-state index in [1.165, 1.54) is 0 Å². The summed E-state index contributed by atoms with van der Waals surface area (Å²) in [6.07, 6.45) is 3.88. The summed E-state index contributed by atoms with van der Waals surface area (Å²) in [4.78, 5) is 11.7. The number of carbonyl (C=O) groups is 1. The van der Waals surface area contributed by atoms with Gasteiger partial charge < -0.3 is 11.5 Å². The van der Waals surface area contributed by atoms with Gasteiger partial charge in [-0.25, -0.2) is 0 Å². The highest BCUT2D eigenvalue weighted by molar-refractivity contribution is 5.88. The molecule has 0 saturated carbocycles. The fraction of sp³-hybridized carbons (Fsp3) is 0.909. The van der Waals surface area contributed by atoms with E-state index in [0.29, 0.717) is 0 Å². The first-order chi connectivity index (χ1) is 6.39. The summed E-state index contributed by atoms with van der Waals surface area (Å²) in [7, 11) is 0. The van der Waals surface area contributed by atoms with Crippen LogP contribution in [0.1, 0.15) is 46.5 Å². The number of hydrogen-bond acceptors (Lipinski definition) is 3. The summed E-state index contributed by atoms with van der Waals surface area (Å²) in [5.74, 6) is 0.158. The molecule has 0 aliphatic heterocycles. The van der Waals surface area contributed by atoms with Gasteiger partial charge in [0.25, 0.3) is 0 Å². The maximum atomic E-state index is 11.7. The van der Waals surface area contributed by atoms with Gasteiger partial charge in [0.2, 0.25) is 0 Å². The van der Waals surface area contributed by atoms with E-state index in [-0.39, 0.29) is 17.2 Å².